The van der Waals surface area contributed by atoms with Crippen molar-refractivity contribution in [3.05, 3.63) is 5.82 Å². The summed E-state index contributed by atoms with van der Waals surface area (Å²) in [6.07, 6.45) is 7.00. The molecule has 4 nitrogen and oxygen atoms in total. The molecule has 4 aliphatic carbocycles. The van der Waals surface area contributed by atoms with Crippen molar-refractivity contribution in [1.29, 1.82) is 0 Å². The van der Waals surface area contributed by atoms with E-state index >= 15 is 0 Å². The third-order valence-electron chi connectivity index (χ3n) is 4.98. The second-order valence-electron chi connectivity index (χ2n) is 5.95. The maximum Gasteiger partial charge on any atom is 0.318 e. The molecule has 0 spiro atoms. The third-order valence-corrected chi connectivity index (χ3v) is 4.98. The Kier molecular flexibility index (Phi) is 1.69. The molecule has 0 aliphatic heterocycles. The van der Waals surface area contributed by atoms with Crippen LogP contribution in [0.25, 0.3) is 0 Å². The van der Waals surface area contributed by atoms with Gasteiger partial charge in [-0.05, 0) is 55.8 Å². The molecule has 4 aliphatic rings. The molecule has 4 bridgehead atoms. The van der Waals surface area contributed by atoms with E-state index in [0.717, 1.165) is 29.5 Å². The van der Waals surface area contributed by atoms with Gasteiger partial charge in [0.05, 0.1) is 0 Å². The highest BCUT2D eigenvalue weighted by atomic mass is 16.5. The van der Waals surface area contributed by atoms with Gasteiger partial charge in [-0.15, -0.1) is 0 Å². The first kappa shape index (κ1) is 9.02. The van der Waals surface area contributed by atoms with E-state index in [0.29, 0.717) is 5.92 Å². The maximum absolute atomic E-state index is 5.53. The summed E-state index contributed by atoms with van der Waals surface area (Å²) in [6.45, 7) is 0. The Bertz CT molecular complexity index is 386. The number of nitrogens with two attached hydrogens (primary N) is 1. The molecule has 4 heteroatoms. The Morgan fingerprint density at radius 1 is 1.00 bits per heavy atom. The van der Waals surface area contributed by atoms with Crippen molar-refractivity contribution in [2.75, 3.05) is 5.73 Å². The summed E-state index contributed by atoms with van der Waals surface area (Å²) < 4.78 is 4.94. The molecule has 1 heterocycles. The molecule has 16 heavy (non-hydrogen) atoms. The molecular weight excluding hydrogens is 202 g/mol. The smallest absolute Gasteiger partial charge is 0.318 e. The van der Waals surface area contributed by atoms with Crippen LogP contribution in [0.5, 0.6) is 0 Å². The average Bonchev–Trinajstić information content (AvgIpc) is 2.63. The molecule has 4 fully saturated rings. The van der Waals surface area contributed by atoms with Crippen molar-refractivity contribution in [2.45, 2.75) is 38.0 Å². The SMILES string of the molecule is Nc1nc(C2C3CC4CC(C3)CC2C4)no1. The summed E-state index contributed by atoms with van der Waals surface area (Å²) in [5.41, 5.74) is 5.53. The van der Waals surface area contributed by atoms with E-state index in [1.807, 2.05) is 0 Å². The van der Waals surface area contributed by atoms with Crippen LogP contribution in [0.3, 0.4) is 0 Å². The van der Waals surface area contributed by atoms with Crippen LogP contribution >= 0.6 is 0 Å². The molecule has 0 radical (unpaired) electrons. The van der Waals surface area contributed by atoms with Crippen molar-refractivity contribution in [3.8, 4) is 0 Å². The molecule has 1 aromatic heterocycles. The number of hydrogen-bond donors (Lipinski definition) is 1. The largest absolute Gasteiger partial charge is 0.351 e. The van der Waals surface area contributed by atoms with Gasteiger partial charge in [0.2, 0.25) is 0 Å². The molecule has 0 amide bonds. The Labute approximate surface area is 94.6 Å². The van der Waals surface area contributed by atoms with E-state index in [1.165, 1.54) is 32.1 Å². The lowest BCUT2D eigenvalue weighted by molar-refractivity contribution is -0.00629. The van der Waals surface area contributed by atoms with Crippen molar-refractivity contribution < 1.29 is 4.52 Å². The first-order valence-corrected chi connectivity index (χ1v) is 6.38. The van der Waals surface area contributed by atoms with Crippen molar-refractivity contribution in [2.24, 2.45) is 23.7 Å². The summed E-state index contributed by atoms with van der Waals surface area (Å²) in [4.78, 5) is 4.26. The fraction of sp³-hybridized carbons (Fsp3) is 0.833. The van der Waals surface area contributed by atoms with E-state index in [4.69, 9.17) is 10.3 Å². The fourth-order valence-corrected chi connectivity index (χ4v) is 4.73. The zero-order valence-corrected chi connectivity index (χ0v) is 9.30. The molecular formula is C12H17N3O. The molecule has 0 aromatic carbocycles. The third kappa shape index (κ3) is 1.16. The van der Waals surface area contributed by atoms with Gasteiger partial charge in [-0.25, -0.2) is 0 Å². The number of rotatable bonds is 1. The second kappa shape index (κ2) is 2.99. The number of hydrogen-bond acceptors (Lipinski definition) is 4. The van der Waals surface area contributed by atoms with E-state index in [1.54, 1.807) is 0 Å². The van der Waals surface area contributed by atoms with E-state index in [-0.39, 0.29) is 6.01 Å². The summed E-state index contributed by atoms with van der Waals surface area (Å²) in [5, 5.41) is 4.05. The topological polar surface area (TPSA) is 64.9 Å². The zero-order valence-electron chi connectivity index (χ0n) is 9.30. The van der Waals surface area contributed by atoms with E-state index in [9.17, 15) is 0 Å². The molecule has 4 saturated carbocycles. The lowest BCUT2D eigenvalue weighted by atomic mass is 9.52. The average molecular weight is 219 g/mol. The van der Waals surface area contributed by atoms with Gasteiger partial charge in [-0.2, -0.15) is 4.98 Å². The van der Waals surface area contributed by atoms with Crippen LogP contribution in [0.1, 0.15) is 43.8 Å². The summed E-state index contributed by atoms with van der Waals surface area (Å²) >= 11 is 0. The Hall–Kier alpha value is -1.06. The molecule has 86 valence electrons. The first-order valence-electron chi connectivity index (χ1n) is 6.38. The van der Waals surface area contributed by atoms with E-state index < -0.39 is 0 Å². The summed E-state index contributed by atoms with van der Waals surface area (Å²) in [5.74, 6) is 4.99. The van der Waals surface area contributed by atoms with Crippen molar-refractivity contribution >= 4 is 6.01 Å². The Balaban J connectivity index is 1.69. The fourth-order valence-electron chi connectivity index (χ4n) is 4.73. The van der Waals surface area contributed by atoms with Gasteiger partial charge in [-0.3, -0.25) is 0 Å². The van der Waals surface area contributed by atoms with Gasteiger partial charge >= 0.3 is 6.01 Å². The minimum Gasteiger partial charge on any atom is -0.351 e. The van der Waals surface area contributed by atoms with Crippen molar-refractivity contribution in [3.63, 3.8) is 0 Å². The number of anilines is 1. The molecule has 2 N–H and O–H groups in total. The number of nitrogens with zero attached hydrogens (tertiary/aromatic N) is 2. The standard InChI is InChI=1S/C12H17N3O/c13-12-14-11(15-16-12)10-8-2-6-1-7(4-8)5-9(10)3-6/h6-10H,1-5H2,(H2,13,14,15). The van der Waals surface area contributed by atoms with E-state index in [2.05, 4.69) is 10.1 Å². The van der Waals surface area contributed by atoms with Gasteiger partial charge < -0.3 is 10.3 Å². The lowest BCUT2D eigenvalue weighted by Crippen LogP contribution is -2.44. The molecule has 0 atom stereocenters. The minimum atomic E-state index is 0.226. The lowest BCUT2D eigenvalue weighted by Gasteiger charge is -2.53. The Morgan fingerprint density at radius 2 is 1.62 bits per heavy atom. The normalized spacial score (nSPS) is 45.1. The van der Waals surface area contributed by atoms with Gasteiger partial charge in [0.15, 0.2) is 5.82 Å². The summed E-state index contributed by atoms with van der Waals surface area (Å²) in [6, 6.07) is 0.226. The highest BCUT2D eigenvalue weighted by Gasteiger charge is 2.50. The van der Waals surface area contributed by atoms with Gasteiger partial charge in [0, 0.05) is 5.92 Å². The van der Waals surface area contributed by atoms with Gasteiger partial charge in [0.25, 0.3) is 0 Å². The van der Waals surface area contributed by atoms with Gasteiger partial charge in [-0.1, -0.05) is 5.16 Å². The molecule has 0 saturated heterocycles. The molecule has 1 aromatic rings. The monoisotopic (exact) mass is 219 g/mol. The highest BCUT2D eigenvalue weighted by Crippen LogP contribution is 2.59. The predicted molar refractivity (Wildman–Crippen MR) is 58.5 cm³/mol. The highest BCUT2D eigenvalue weighted by molar-refractivity contribution is 5.15. The van der Waals surface area contributed by atoms with Crippen LogP contribution < -0.4 is 5.73 Å². The first-order chi connectivity index (χ1) is 7.79. The number of aromatic nitrogens is 2. The van der Waals surface area contributed by atoms with Crippen LogP contribution in [0.4, 0.5) is 6.01 Å². The number of nitrogen functional groups attached to an aromatic ring is 1. The summed E-state index contributed by atoms with van der Waals surface area (Å²) in [7, 11) is 0. The van der Waals surface area contributed by atoms with Crippen LogP contribution in [0.2, 0.25) is 0 Å². The molecule has 0 unspecified atom stereocenters. The van der Waals surface area contributed by atoms with Crippen molar-refractivity contribution in [1.82, 2.24) is 10.1 Å². The van der Waals surface area contributed by atoms with Crippen LogP contribution in [0, 0.1) is 23.7 Å². The predicted octanol–water partition coefficient (Wildman–Crippen LogP) is 2.19. The minimum absolute atomic E-state index is 0.226. The van der Waals surface area contributed by atoms with Gasteiger partial charge in [0.1, 0.15) is 0 Å². The maximum atomic E-state index is 5.53. The van der Waals surface area contributed by atoms with Crippen LogP contribution in [-0.4, -0.2) is 10.1 Å². The van der Waals surface area contributed by atoms with Crippen LogP contribution in [-0.2, 0) is 0 Å². The van der Waals surface area contributed by atoms with Crippen LogP contribution in [0.15, 0.2) is 4.52 Å². The Morgan fingerprint density at radius 3 is 2.12 bits per heavy atom. The zero-order chi connectivity index (χ0) is 10.7. The quantitative estimate of drug-likeness (QED) is 0.786. The second-order valence-corrected chi connectivity index (χ2v) is 5.95. The molecule has 5 rings (SSSR count).